The fourth-order valence-electron chi connectivity index (χ4n) is 4.15. The second kappa shape index (κ2) is 9.31. The molecule has 0 radical (unpaired) electrons. The van der Waals surface area contributed by atoms with Crippen LogP contribution >= 0.6 is 0 Å². The van der Waals surface area contributed by atoms with Gasteiger partial charge in [-0.1, -0.05) is 31.4 Å². The van der Waals surface area contributed by atoms with E-state index in [1.807, 2.05) is 6.92 Å². The number of amides is 2. The van der Waals surface area contributed by atoms with Crippen molar-refractivity contribution in [3.05, 3.63) is 35.6 Å². The zero-order valence-corrected chi connectivity index (χ0v) is 16.0. The van der Waals surface area contributed by atoms with Crippen LogP contribution in [0.5, 0.6) is 0 Å². The molecule has 1 aliphatic heterocycles. The molecule has 1 aromatic rings. The van der Waals surface area contributed by atoms with Crippen molar-refractivity contribution in [2.45, 2.75) is 57.5 Å². The molecule has 1 aromatic carbocycles. The van der Waals surface area contributed by atoms with Gasteiger partial charge in [0.05, 0.1) is 0 Å². The molecule has 1 aliphatic carbocycles. The molecule has 6 heteroatoms. The van der Waals surface area contributed by atoms with Crippen LogP contribution in [0.3, 0.4) is 0 Å². The lowest BCUT2D eigenvalue weighted by molar-refractivity contribution is -0.159. The highest BCUT2D eigenvalue weighted by Crippen LogP contribution is 2.32. The molecule has 0 aromatic heterocycles. The smallest absolute Gasteiger partial charge is 0.250 e. The van der Waals surface area contributed by atoms with E-state index in [9.17, 15) is 14.0 Å². The summed E-state index contributed by atoms with van der Waals surface area (Å²) in [5.41, 5.74) is 0.673. The fraction of sp³-hybridized carbons (Fsp3) is 0.619. The van der Waals surface area contributed by atoms with Crippen molar-refractivity contribution in [2.24, 2.45) is 0 Å². The first-order chi connectivity index (χ1) is 13.1. The number of hydrogen-bond acceptors (Lipinski definition) is 3. The number of nitrogens with zero attached hydrogens (tertiary/aromatic N) is 2. The molecule has 27 heavy (non-hydrogen) atoms. The number of carbonyl (C=O) groups excluding carboxylic acids is 2. The lowest BCUT2D eigenvalue weighted by Gasteiger charge is -2.44. The first-order valence-electron chi connectivity index (χ1n) is 10.0. The van der Waals surface area contributed by atoms with Crippen molar-refractivity contribution in [1.82, 2.24) is 9.80 Å². The van der Waals surface area contributed by atoms with Gasteiger partial charge < -0.3 is 14.5 Å². The zero-order valence-electron chi connectivity index (χ0n) is 16.0. The lowest BCUT2D eigenvalue weighted by atomic mass is 9.91. The summed E-state index contributed by atoms with van der Waals surface area (Å²) in [5.74, 6) is -0.420. The summed E-state index contributed by atoms with van der Waals surface area (Å²) >= 11 is 0. The minimum absolute atomic E-state index is 0.0361. The Morgan fingerprint density at radius 1 is 1.11 bits per heavy atom. The summed E-state index contributed by atoms with van der Waals surface area (Å²) in [6.45, 7) is 3.72. The summed E-state index contributed by atoms with van der Waals surface area (Å²) < 4.78 is 18.8. The van der Waals surface area contributed by atoms with Gasteiger partial charge in [-0.05, 0) is 43.9 Å². The molecule has 2 aliphatic rings. The van der Waals surface area contributed by atoms with Gasteiger partial charge in [-0.2, -0.15) is 0 Å². The summed E-state index contributed by atoms with van der Waals surface area (Å²) in [7, 11) is 0. The Bertz CT molecular complexity index is 643. The number of ether oxygens (including phenoxy) is 1. The van der Waals surface area contributed by atoms with Crippen LogP contribution in [0, 0.1) is 5.82 Å². The van der Waals surface area contributed by atoms with Crippen molar-refractivity contribution in [3.63, 3.8) is 0 Å². The van der Waals surface area contributed by atoms with Gasteiger partial charge in [0.15, 0.2) is 0 Å². The van der Waals surface area contributed by atoms with E-state index in [2.05, 4.69) is 0 Å². The maximum absolute atomic E-state index is 13.4. The SMILES string of the molecule is CCOCCCN1C(=O)CN(C2CCCCC2)C(=O)C1c1ccc(F)cc1. The standard InChI is InChI=1S/C21H29FN2O3/c1-2-27-14-6-13-23-19(25)15-24(18-7-4-3-5-8-18)21(26)20(23)16-9-11-17(22)12-10-16/h9-12,18,20H,2-8,13-15H2,1H3. The minimum Gasteiger partial charge on any atom is -0.382 e. The number of benzene rings is 1. The highest BCUT2D eigenvalue weighted by atomic mass is 19.1. The van der Waals surface area contributed by atoms with E-state index in [1.54, 1.807) is 21.9 Å². The minimum atomic E-state index is -0.671. The van der Waals surface area contributed by atoms with Crippen molar-refractivity contribution in [1.29, 1.82) is 0 Å². The van der Waals surface area contributed by atoms with Crippen LogP contribution in [-0.2, 0) is 14.3 Å². The zero-order chi connectivity index (χ0) is 19.2. The van der Waals surface area contributed by atoms with Crippen LogP contribution < -0.4 is 0 Å². The maximum atomic E-state index is 13.4. The van der Waals surface area contributed by atoms with Gasteiger partial charge in [0.2, 0.25) is 5.91 Å². The van der Waals surface area contributed by atoms with E-state index >= 15 is 0 Å². The Balaban J connectivity index is 1.82. The molecule has 2 amide bonds. The highest BCUT2D eigenvalue weighted by molar-refractivity contribution is 5.95. The molecule has 148 valence electrons. The Morgan fingerprint density at radius 2 is 1.81 bits per heavy atom. The van der Waals surface area contributed by atoms with Crippen molar-refractivity contribution < 1.29 is 18.7 Å². The van der Waals surface area contributed by atoms with Crippen LogP contribution in [0.1, 0.15) is 57.1 Å². The Morgan fingerprint density at radius 3 is 2.48 bits per heavy atom. The van der Waals surface area contributed by atoms with Crippen LogP contribution in [0.25, 0.3) is 0 Å². The number of carbonyl (C=O) groups is 2. The molecule has 1 unspecified atom stereocenters. The number of hydrogen-bond donors (Lipinski definition) is 0. The van der Waals surface area contributed by atoms with E-state index < -0.39 is 6.04 Å². The van der Waals surface area contributed by atoms with Gasteiger partial charge >= 0.3 is 0 Å². The highest BCUT2D eigenvalue weighted by Gasteiger charge is 2.42. The predicted octanol–water partition coefficient (Wildman–Crippen LogP) is 3.30. The molecule has 0 spiro atoms. The van der Waals surface area contributed by atoms with Crippen molar-refractivity contribution >= 4 is 11.8 Å². The molecule has 5 nitrogen and oxygen atoms in total. The van der Waals surface area contributed by atoms with Crippen LogP contribution in [-0.4, -0.2) is 54.0 Å². The second-order valence-electron chi connectivity index (χ2n) is 7.35. The molecule has 1 saturated carbocycles. The molecule has 3 rings (SSSR count). The van der Waals surface area contributed by atoms with E-state index in [4.69, 9.17) is 4.74 Å². The van der Waals surface area contributed by atoms with Gasteiger partial charge in [-0.3, -0.25) is 9.59 Å². The first kappa shape index (κ1) is 19.8. The van der Waals surface area contributed by atoms with Crippen LogP contribution in [0.2, 0.25) is 0 Å². The normalized spacial score (nSPS) is 21.8. The van der Waals surface area contributed by atoms with Crippen molar-refractivity contribution in [2.75, 3.05) is 26.3 Å². The number of rotatable bonds is 7. The third-order valence-corrected chi connectivity index (χ3v) is 5.55. The lowest BCUT2D eigenvalue weighted by Crippen LogP contribution is -2.58. The van der Waals surface area contributed by atoms with Gasteiger partial charge in [-0.15, -0.1) is 0 Å². The van der Waals surface area contributed by atoms with Crippen LogP contribution in [0.15, 0.2) is 24.3 Å². The van der Waals surface area contributed by atoms with Gasteiger partial charge in [-0.25, -0.2) is 4.39 Å². The topological polar surface area (TPSA) is 49.9 Å². The summed E-state index contributed by atoms with van der Waals surface area (Å²) in [4.78, 5) is 29.7. The van der Waals surface area contributed by atoms with Gasteiger partial charge in [0.25, 0.3) is 5.91 Å². The Labute approximate surface area is 160 Å². The molecule has 1 saturated heterocycles. The predicted molar refractivity (Wildman–Crippen MR) is 101 cm³/mol. The van der Waals surface area contributed by atoms with E-state index in [-0.39, 0.29) is 30.2 Å². The van der Waals surface area contributed by atoms with E-state index in [1.165, 1.54) is 18.6 Å². The molecule has 1 atom stereocenters. The number of halogens is 1. The number of piperazine rings is 1. The molecule has 0 bridgehead atoms. The monoisotopic (exact) mass is 376 g/mol. The summed E-state index contributed by atoms with van der Waals surface area (Å²) in [6, 6.07) is 5.41. The third-order valence-electron chi connectivity index (χ3n) is 5.55. The van der Waals surface area contributed by atoms with Gasteiger partial charge in [0.1, 0.15) is 18.4 Å². The molecule has 2 fully saturated rings. The van der Waals surface area contributed by atoms with Crippen LogP contribution in [0.4, 0.5) is 4.39 Å². The molecule has 0 N–H and O–H groups in total. The Hall–Kier alpha value is -1.95. The molecular formula is C21H29FN2O3. The van der Waals surface area contributed by atoms with Gasteiger partial charge in [0, 0.05) is 25.8 Å². The average Bonchev–Trinajstić information content (AvgIpc) is 2.69. The molecular weight excluding hydrogens is 347 g/mol. The molecule has 1 heterocycles. The average molecular weight is 376 g/mol. The Kier molecular flexibility index (Phi) is 6.83. The summed E-state index contributed by atoms with van der Waals surface area (Å²) in [5, 5.41) is 0. The maximum Gasteiger partial charge on any atom is 0.250 e. The first-order valence-corrected chi connectivity index (χ1v) is 10.0. The summed E-state index contributed by atoms with van der Waals surface area (Å²) in [6.07, 6.45) is 5.98. The quantitative estimate of drug-likeness (QED) is 0.686. The third kappa shape index (κ3) is 4.67. The second-order valence-corrected chi connectivity index (χ2v) is 7.35. The largest absolute Gasteiger partial charge is 0.382 e. The van der Waals surface area contributed by atoms with Crippen molar-refractivity contribution in [3.8, 4) is 0 Å². The van der Waals surface area contributed by atoms with E-state index in [0.717, 1.165) is 25.7 Å². The van der Waals surface area contributed by atoms with E-state index in [0.29, 0.717) is 31.7 Å². The fourth-order valence-corrected chi connectivity index (χ4v) is 4.15.